The summed E-state index contributed by atoms with van der Waals surface area (Å²) in [5.41, 5.74) is -0.128. The molecule has 1 aromatic rings. The Labute approximate surface area is 91.1 Å². The second-order valence-electron chi connectivity index (χ2n) is 2.96. The highest BCUT2D eigenvalue weighted by Crippen LogP contribution is 2.32. The molecule has 0 N–H and O–H groups in total. The van der Waals surface area contributed by atoms with Crippen LogP contribution < -0.4 is 0 Å². The Hall–Kier alpha value is -1.14. The standard InChI is InChI=1S/C11H8ClF3/c1-8-4-5-9(3-2-6-12)7-10(8)11(13,14)15/h4-5,7H,6H2,1H3. The molecule has 0 unspecified atom stereocenters. The van der Waals surface area contributed by atoms with Crippen LogP contribution in [-0.2, 0) is 6.18 Å². The number of aryl methyl sites for hydroxylation is 1. The minimum Gasteiger partial charge on any atom is -0.166 e. The van der Waals surface area contributed by atoms with E-state index >= 15 is 0 Å². The maximum absolute atomic E-state index is 12.5. The van der Waals surface area contributed by atoms with Crippen molar-refractivity contribution in [2.24, 2.45) is 0 Å². The highest BCUT2D eigenvalue weighted by Gasteiger charge is 2.32. The Morgan fingerprint density at radius 3 is 2.53 bits per heavy atom. The van der Waals surface area contributed by atoms with Crippen LogP contribution in [0.2, 0.25) is 0 Å². The van der Waals surface area contributed by atoms with Crippen LogP contribution in [-0.4, -0.2) is 5.88 Å². The zero-order valence-corrected chi connectivity index (χ0v) is 8.71. The van der Waals surface area contributed by atoms with Gasteiger partial charge in [0.2, 0.25) is 0 Å². The normalized spacial score (nSPS) is 10.7. The Kier molecular flexibility index (Phi) is 3.65. The first-order valence-corrected chi connectivity index (χ1v) is 4.71. The van der Waals surface area contributed by atoms with Crippen molar-refractivity contribution >= 4 is 11.6 Å². The lowest BCUT2D eigenvalue weighted by Gasteiger charge is -2.09. The fraction of sp³-hybridized carbons (Fsp3) is 0.273. The summed E-state index contributed by atoms with van der Waals surface area (Å²) in [7, 11) is 0. The lowest BCUT2D eigenvalue weighted by atomic mass is 10.0. The summed E-state index contributed by atoms with van der Waals surface area (Å²) in [6.45, 7) is 1.42. The molecule has 0 aromatic heterocycles. The summed E-state index contributed by atoms with van der Waals surface area (Å²) >= 11 is 5.32. The Bertz CT molecular complexity index is 410. The topological polar surface area (TPSA) is 0 Å². The maximum atomic E-state index is 12.5. The van der Waals surface area contributed by atoms with Crippen LogP contribution >= 0.6 is 11.6 Å². The van der Waals surface area contributed by atoms with Gasteiger partial charge in [-0.25, -0.2) is 0 Å². The zero-order valence-electron chi connectivity index (χ0n) is 7.95. The van der Waals surface area contributed by atoms with E-state index in [1.54, 1.807) is 6.07 Å². The molecule has 0 heterocycles. The quantitative estimate of drug-likeness (QED) is 0.474. The average Bonchev–Trinajstić information content (AvgIpc) is 2.15. The van der Waals surface area contributed by atoms with Gasteiger partial charge in [-0.3, -0.25) is 0 Å². The third-order valence-electron chi connectivity index (χ3n) is 1.84. The largest absolute Gasteiger partial charge is 0.416 e. The molecule has 4 heteroatoms. The molecule has 80 valence electrons. The predicted molar refractivity (Wildman–Crippen MR) is 53.8 cm³/mol. The summed E-state index contributed by atoms with van der Waals surface area (Å²) in [6, 6.07) is 3.99. The fourth-order valence-electron chi connectivity index (χ4n) is 1.14. The van der Waals surface area contributed by atoms with E-state index in [1.807, 2.05) is 0 Å². The van der Waals surface area contributed by atoms with Crippen molar-refractivity contribution < 1.29 is 13.2 Å². The Morgan fingerprint density at radius 1 is 1.33 bits per heavy atom. The van der Waals surface area contributed by atoms with Gasteiger partial charge in [-0.15, -0.1) is 11.6 Å². The molecule has 0 radical (unpaired) electrons. The minimum absolute atomic E-state index is 0.106. The smallest absolute Gasteiger partial charge is 0.166 e. The van der Waals surface area contributed by atoms with E-state index in [9.17, 15) is 13.2 Å². The molecule has 0 atom stereocenters. The van der Waals surface area contributed by atoms with E-state index in [4.69, 9.17) is 11.6 Å². The molecule has 0 fully saturated rings. The number of hydrogen-bond donors (Lipinski definition) is 0. The molecule has 0 saturated carbocycles. The first kappa shape index (κ1) is 11.9. The van der Waals surface area contributed by atoms with Crippen molar-refractivity contribution in [2.75, 3.05) is 5.88 Å². The molecule has 0 bridgehead atoms. The molecule has 0 spiro atoms. The predicted octanol–water partition coefficient (Wildman–Crippen LogP) is 3.60. The van der Waals surface area contributed by atoms with E-state index in [0.717, 1.165) is 6.07 Å². The molecule has 0 nitrogen and oxygen atoms in total. The van der Waals surface area contributed by atoms with Gasteiger partial charge >= 0.3 is 6.18 Å². The van der Waals surface area contributed by atoms with Gasteiger partial charge in [0.15, 0.2) is 0 Å². The van der Waals surface area contributed by atoms with Crippen molar-refractivity contribution in [1.82, 2.24) is 0 Å². The number of rotatable bonds is 0. The summed E-state index contributed by atoms with van der Waals surface area (Å²) in [5, 5.41) is 0. The molecule has 1 aromatic carbocycles. The third kappa shape index (κ3) is 3.17. The SMILES string of the molecule is Cc1ccc(C#CCCl)cc1C(F)(F)F. The molecule has 0 aliphatic rings. The molecular weight excluding hydrogens is 225 g/mol. The summed E-state index contributed by atoms with van der Waals surface area (Å²) < 4.78 is 37.4. The lowest BCUT2D eigenvalue weighted by molar-refractivity contribution is -0.138. The van der Waals surface area contributed by atoms with Gasteiger partial charge in [0.25, 0.3) is 0 Å². The minimum atomic E-state index is -4.33. The van der Waals surface area contributed by atoms with Crippen LogP contribution in [0.5, 0.6) is 0 Å². The van der Waals surface area contributed by atoms with Gasteiger partial charge in [0, 0.05) is 5.56 Å². The highest BCUT2D eigenvalue weighted by atomic mass is 35.5. The van der Waals surface area contributed by atoms with Crippen LogP contribution in [0.1, 0.15) is 16.7 Å². The van der Waals surface area contributed by atoms with E-state index in [2.05, 4.69) is 11.8 Å². The van der Waals surface area contributed by atoms with E-state index in [-0.39, 0.29) is 11.4 Å². The number of alkyl halides is 4. The van der Waals surface area contributed by atoms with Crippen molar-refractivity contribution in [1.29, 1.82) is 0 Å². The van der Waals surface area contributed by atoms with Crippen molar-refractivity contribution in [3.05, 3.63) is 34.9 Å². The average molecular weight is 233 g/mol. The summed E-state index contributed by atoms with van der Waals surface area (Å²) in [5.74, 6) is 5.17. The highest BCUT2D eigenvalue weighted by molar-refractivity contribution is 6.19. The molecule has 15 heavy (non-hydrogen) atoms. The lowest BCUT2D eigenvalue weighted by Crippen LogP contribution is -2.07. The molecule has 0 amide bonds. The van der Waals surface area contributed by atoms with E-state index in [1.165, 1.54) is 13.0 Å². The molecule has 0 saturated heterocycles. The summed E-state index contributed by atoms with van der Waals surface area (Å²) in [4.78, 5) is 0. The van der Waals surface area contributed by atoms with Gasteiger partial charge in [-0.1, -0.05) is 17.9 Å². The van der Waals surface area contributed by atoms with Crippen LogP contribution in [0.25, 0.3) is 0 Å². The van der Waals surface area contributed by atoms with Gasteiger partial charge in [-0.05, 0) is 24.6 Å². The van der Waals surface area contributed by atoms with Gasteiger partial charge in [0.1, 0.15) is 0 Å². The molecular formula is C11H8ClF3. The number of benzene rings is 1. The van der Waals surface area contributed by atoms with Crippen molar-refractivity contribution in [2.45, 2.75) is 13.1 Å². The second-order valence-corrected chi connectivity index (χ2v) is 3.23. The van der Waals surface area contributed by atoms with E-state index in [0.29, 0.717) is 5.56 Å². The van der Waals surface area contributed by atoms with Crippen molar-refractivity contribution in [3.8, 4) is 11.8 Å². The molecule has 0 aliphatic heterocycles. The van der Waals surface area contributed by atoms with E-state index < -0.39 is 11.7 Å². The number of halogens is 4. The first-order valence-electron chi connectivity index (χ1n) is 4.18. The van der Waals surface area contributed by atoms with Crippen LogP contribution in [0.3, 0.4) is 0 Å². The van der Waals surface area contributed by atoms with Gasteiger partial charge < -0.3 is 0 Å². The third-order valence-corrected chi connectivity index (χ3v) is 1.98. The van der Waals surface area contributed by atoms with Crippen LogP contribution in [0.4, 0.5) is 13.2 Å². The number of hydrogen-bond acceptors (Lipinski definition) is 0. The van der Waals surface area contributed by atoms with Crippen LogP contribution in [0.15, 0.2) is 18.2 Å². The second kappa shape index (κ2) is 4.59. The van der Waals surface area contributed by atoms with Crippen LogP contribution in [0, 0.1) is 18.8 Å². The van der Waals surface area contributed by atoms with Gasteiger partial charge in [-0.2, -0.15) is 13.2 Å². The van der Waals surface area contributed by atoms with Crippen molar-refractivity contribution in [3.63, 3.8) is 0 Å². The first-order chi connectivity index (χ1) is 6.95. The van der Waals surface area contributed by atoms with Gasteiger partial charge in [0.05, 0.1) is 11.4 Å². The Balaban J connectivity index is 3.17. The fourth-order valence-corrected chi connectivity index (χ4v) is 1.21. The Morgan fingerprint density at radius 2 is 2.00 bits per heavy atom. The monoisotopic (exact) mass is 232 g/mol. The molecule has 0 aliphatic carbocycles. The summed E-state index contributed by atoms with van der Waals surface area (Å²) in [6.07, 6.45) is -4.33. The maximum Gasteiger partial charge on any atom is 0.416 e. The molecule has 1 rings (SSSR count). The zero-order chi connectivity index (χ0) is 11.5.